The fourth-order valence-electron chi connectivity index (χ4n) is 2.99. The van der Waals surface area contributed by atoms with Crippen LogP contribution in [-0.4, -0.2) is 30.9 Å². The average molecular weight is 382 g/mol. The van der Waals surface area contributed by atoms with Gasteiger partial charge in [-0.1, -0.05) is 46.3 Å². The number of benzene rings is 2. The first kappa shape index (κ1) is 15.7. The highest BCUT2D eigenvalue weighted by Gasteiger charge is 2.68. The molecule has 0 saturated heterocycles. The SMILES string of the molecule is N[C@@]1(CO)[C@@H](c2ccc(Br)cc2)[C@@H]1S(=O)(=O)c1ccccc1. The monoisotopic (exact) mass is 381 g/mol. The van der Waals surface area contributed by atoms with Gasteiger partial charge >= 0.3 is 0 Å². The molecule has 1 aliphatic carbocycles. The van der Waals surface area contributed by atoms with Gasteiger partial charge in [0.25, 0.3) is 0 Å². The summed E-state index contributed by atoms with van der Waals surface area (Å²) in [6.45, 7) is -0.371. The maximum atomic E-state index is 12.8. The summed E-state index contributed by atoms with van der Waals surface area (Å²) >= 11 is 3.35. The van der Waals surface area contributed by atoms with E-state index in [2.05, 4.69) is 15.9 Å². The molecule has 0 spiro atoms. The van der Waals surface area contributed by atoms with E-state index in [1.165, 1.54) is 0 Å². The molecule has 1 saturated carbocycles. The van der Waals surface area contributed by atoms with Crippen molar-refractivity contribution in [3.63, 3.8) is 0 Å². The van der Waals surface area contributed by atoms with Gasteiger partial charge in [-0.2, -0.15) is 0 Å². The van der Waals surface area contributed by atoms with E-state index in [4.69, 9.17) is 5.73 Å². The lowest BCUT2D eigenvalue weighted by Gasteiger charge is -2.08. The topological polar surface area (TPSA) is 80.4 Å². The van der Waals surface area contributed by atoms with Crippen molar-refractivity contribution in [3.05, 3.63) is 64.6 Å². The van der Waals surface area contributed by atoms with Gasteiger partial charge in [-0.15, -0.1) is 0 Å². The van der Waals surface area contributed by atoms with Crippen molar-refractivity contribution in [3.8, 4) is 0 Å². The lowest BCUT2D eigenvalue weighted by Crippen LogP contribution is -2.35. The zero-order valence-electron chi connectivity index (χ0n) is 11.7. The largest absolute Gasteiger partial charge is 0.394 e. The predicted octanol–water partition coefficient (Wildman–Crippen LogP) is 2.08. The van der Waals surface area contributed by atoms with Gasteiger partial charge in [-0.05, 0) is 29.8 Å². The summed E-state index contributed by atoms with van der Waals surface area (Å²) in [6, 6.07) is 15.6. The minimum atomic E-state index is -3.59. The van der Waals surface area contributed by atoms with E-state index in [0.29, 0.717) is 0 Å². The Hall–Kier alpha value is -1.21. The van der Waals surface area contributed by atoms with E-state index < -0.39 is 26.5 Å². The summed E-state index contributed by atoms with van der Waals surface area (Å²) in [5, 5.41) is 8.82. The minimum absolute atomic E-state index is 0.239. The molecular weight excluding hydrogens is 366 g/mol. The number of aliphatic hydroxyl groups is 1. The van der Waals surface area contributed by atoms with E-state index in [9.17, 15) is 13.5 Å². The van der Waals surface area contributed by atoms with Crippen LogP contribution < -0.4 is 5.73 Å². The fraction of sp³-hybridized carbons (Fsp3) is 0.250. The van der Waals surface area contributed by atoms with Crippen molar-refractivity contribution in [2.24, 2.45) is 5.73 Å². The highest BCUT2D eigenvalue weighted by atomic mass is 79.9. The van der Waals surface area contributed by atoms with Crippen LogP contribution in [0.1, 0.15) is 11.5 Å². The summed E-state index contributed by atoms with van der Waals surface area (Å²) in [7, 11) is -3.59. The molecule has 1 aliphatic rings. The number of sulfone groups is 1. The van der Waals surface area contributed by atoms with Crippen LogP contribution in [0.5, 0.6) is 0 Å². The molecule has 2 aromatic rings. The van der Waals surface area contributed by atoms with Crippen molar-refractivity contribution in [2.75, 3.05) is 6.61 Å². The second kappa shape index (κ2) is 5.45. The molecular formula is C16H16BrNO3S. The quantitative estimate of drug-likeness (QED) is 0.849. The van der Waals surface area contributed by atoms with E-state index in [1.54, 1.807) is 30.3 Å². The number of hydrogen-bond donors (Lipinski definition) is 2. The summed E-state index contributed by atoms with van der Waals surface area (Å²) < 4.78 is 26.5. The Kier molecular flexibility index (Phi) is 3.89. The summed E-state index contributed by atoms with van der Waals surface area (Å²) in [4.78, 5) is 0.239. The first-order chi connectivity index (χ1) is 10.4. The molecule has 22 heavy (non-hydrogen) atoms. The summed E-state index contributed by atoms with van der Waals surface area (Å²) in [5.41, 5.74) is 5.87. The molecule has 3 rings (SSSR count). The molecule has 116 valence electrons. The molecule has 0 amide bonds. The van der Waals surface area contributed by atoms with Gasteiger partial charge in [0, 0.05) is 10.4 Å². The molecule has 1 fully saturated rings. The van der Waals surface area contributed by atoms with Gasteiger partial charge in [-0.25, -0.2) is 8.42 Å². The standard InChI is InChI=1S/C16H16BrNO3S/c17-12-8-6-11(7-9-12)14-15(16(14,18)10-19)22(20,21)13-4-2-1-3-5-13/h1-9,14-15,19H,10,18H2/t14-,15-,16-/m0/s1. The zero-order valence-corrected chi connectivity index (χ0v) is 14.1. The van der Waals surface area contributed by atoms with Crippen LogP contribution in [0.4, 0.5) is 0 Å². The Labute approximate surface area is 138 Å². The van der Waals surface area contributed by atoms with Gasteiger partial charge in [0.15, 0.2) is 9.84 Å². The van der Waals surface area contributed by atoms with Gasteiger partial charge in [0.1, 0.15) is 0 Å². The highest BCUT2D eigenvalue weighted by Crippen LogP contribution is 2.55. The Bertz CT molecular complexity index is 777. The van der Waals surface area contributed by atoms with E-state index >= 15 is 0 Å². The second-order valence-electron chi connectivity index (χ2n) is 5.58. The third-order valence-electron chi connectivity index (χ3n) is 4.21. The minimum Gasteiger partial charge on any atom is -0.394 e. The van der Waals surface area contributed by atoms with Gasteiger partial charge in [0.05, 0.1) is 22.3 Å². The third kappa shape index (κ3) is 2.40. The van der Waals surface area contributed by atoms with E-state index in [0.717, 1.165) is 10.0 Å². The summed E-state index contributed by atoms with van der Waals surface area (Å²) in [6.07, 6.45) is 0. The third-order valence-corrected chi connectivity index (χ3v) is 7.05. The van der Waals surface area contributed by atoms with E-state index in [1.807, 2.05) is 24.3 Å². The molecule has 3 atom stereocenters. The molecule has 0 aromatic heterocycles. The maximum Gasteiger partial charge on any atom is 0.183 e. The van der Waals surface area contributed by atoms with Crippen LogP contribution in [0.25, 0.3) is 0 Å². The van der Waals surface area contributed by atoms with Crippen molar-refractivity contribution in [1.29, 1.82) is 0 Å². The Morgan fingerprint density at radius 3 is 2.23 bits per heavy atom. The molecule has 0 heterocycles. The molecule has 2 aromatic carbocycles. The highest BCUT2D eigenvalue weighted by molar-refractivity contribution is 9.10. The van der Waals surface area contributed by atoms with Crippen molar-refractivity contribution in [2.45, 2.75) is 21.6 Å². The molecule has 3 N–H and O–H groups in total. The van der Waals surface area contributed by atoms with Gasteiger partial charge in [-0.3, -0.25) is 0 Å². The molecule has 4 nitrogen and oxygen atoms in total. The van der Waals surface area contributed by atoms with Crippen molar-refractivity contribution in [1.82, 2.24) is 0 Å². The molecule has 0 bridgehead atoms. The van der Waals surface area contributed by atoms with Crippen LogP contribution in [0.2, 0.25) is 0 Å². The molecule has 6 heteroatoms. The number of hydrogen-bond acceptors (Lipinski definition) is 4. The maximum absolute atomic E-state index is 12.8. The predicted molar refractivity (Wildman–Crippen MR) is 88.3 cm³/mol. The molecule has 0 unspecified atom stereocenters. The second-order valence-corrected chi connectivity index (χ2v) is 8.56. The molecule has 0 radical (unpaired) electrons. The smallest absolute Gasteiger partial charge is 0.183 e. The Morgan fingerprint density at radius 1 is 1.09 bits per heavy atom. The first-order valence-electron chi connectivity index (χ1n) is 6.85. The number of halogens is 1. The van der Waals surface area contributed by atoms with Crippen LogP contribution >= 0.6 is 15.9 Å². The van der Waals surface area contributed by atoms with Crippen LogP contribution in [0, 0.1) is 0 Å². The Morgan fingerprint density at radius 2 is 1.68 bits per heavy atom. The van der Waals surface area contributed by atoms with Crippen LogP contribution in [-0.2, 0) is 9.84 Å². The number of nitrogens with two attached hydrogens (primary N) is 1. The van der Waals surface area contributed by atoms with Crippen LogP contribution in [0.15, 0.2) is 64.0 Å². The van der Waals surface area contributed by atoms with Crippen molar-refractivity contribution < 1.29 is 13.5 Å². The zero-order chi connectivity index (χ0) is 16.0. The number of rotatable bonds is 4. The van der Waals surface area contributed by atoms with Crippen molar-refractivity contribution >= 4 is 25.8 Å². The van der Waals surface area contributed by atoms with Gasteiger partial charge < -0.3 is 10.8 Å². The first-order valence-corrected chi connectivity index (χ1v) is 9.19. The number of aliphatic hydroxyl groups excluding tert-OH is 1. The Balaban J connectivity index is 2.02. The van der Waals surface area contributed by atoms with Gasteiger partial charge in [0.2, 0.25) is 0 Å². The van der Waals surface area contributed by atoms with Crippen LogP contribution in [0.3, 0.4) is 0 Å². The summed E-state index contributed by atoms with van der Waals surface area (Å²) in [5.74, 6) is -0.407. The lowest BCUT2D eigenvalue weighted by molar-refractivity contribution is 0.253. The molecule has 0 aliphatic heterocycles. The van der Waals surface area contributed by atoms with E-state index in [-0.39, 0.29) is 11.5 Å². The lowest BCUT2D eigenvalue weighted by atomic mass is 10.1. The average Bonchev–Trinajstić information content (AvgIpc) is 3.17. The normalized spacial score (nSPS) is 27.6. The fourth-order valence-corrected chi connectivity index (χ4v) is 5.57.